The van der Waals surface area contributed by atoms with Crippen molar-refractivity contribution in [1.82, 2.24) is 0 Å². The average Bonchev–Trinajstić information content (AvgIpc) is 2.30. The van der Waals surface area contributed by atoms with Crippen molar-refractivity contribution in [2.24, 2.45) is 11.7 Å². The van der Waals surface area contributed by atoms with Crippen LogP contribution in [-0.4, -0.2) is 12.5 Å². The summed E-state index contributed by atoms with van der Waals surface area (Å²) in [5, 5.41) is 3.41. The molecule has 0 aliphatic rings. The number of carbonyl (C=O) groups excluding carboxylic acids is 1. The monoisotopic (exact) mass is 254 g/mol. The molecular weight excluding hydrogens is 236 g/mol. The molecule has 1 aromatic rings. The molecule has 0 saturated carbocycles. The van der Waals surface area contributed by atoms with Gasteiger partial charge >= 0.3 is 0 Å². The van der Waals surface area contributed by atoms with Crippen molar-refractivity contribution in [2.75, 3.05) is 11.9 Å². The standard InChI is InChI=1S/C13H19ClN2O/c1-9-5-6-11(14)12(8-9)16-13(17)10(2)4-3-7-15/h5-6,8,10H,3-4,7,15H2,1-2H3,(H,16,17). The van der Waals surface area contributed by atoms with E-state index in [1.807, 2.05) is 26.0 Å². The number of carbonyl (C=O) groups is 1. The molecule has 17 heavy (non-hydrogen) atoms. The summed E-state index contributed by atoms with van der Waals surface area (Å²) in [6.07, 6.45) is 1.65. The molecule has 1 unspecified atom stereocenters. The second-order valence-corrected chi connectivity index (χ2v) is 4.71. The molecule has 0 radical (unpaired) electrons. The van der Waals surface area contributed by atoms with Crippen LogP contribution < -0.4 is 11.1 Å². The van der Waals surface area contributed by atoms with Gasteiger partial charge in [0.1, 0.15) is 0 Å². The molecule has 1 amide bonds. The lowest BCUT2D eigenvalue weighted by Crippen LogP contribution is -2.21. The minimum absolute atomic E-state index is 0.00838. The maximum absolute atomic E-state index is 11.9. The van der Waals surface area contributed by atoms with Crippen molar-refractivity contribution in [2.45, 2.75) is 26.7 Å². The predicted octanol–water partition coefficient (Wildman–Crippen LogP) is 2.96. The number of rotatable bonds is 5. The molecule has 94 valence electrons. The summed E-state index contributed by atoms with van der Waals surface area (Å²) in [6, 6.07) is 5.57. The molecule has 4 heteroatoms. The van der Waals surface area contributed by atoms with Crippen LogP contribution in [0.25, 0.3) is 0 Å². The summed E-state index contributed by atoms with van der Waals surface area (Å²) in [7, 11) is 0. The molecule has 0 aromatic heterocycles. The second kappa shape index (κ2) is 6.62. The molecule has 1 rings (SSSR count). The van der Waals surface area contributed by atoms with Gasteiger partial charge in [-0.1, -0.05) is 24.6 Å². The third kappa shape index (κ3) is 4.36. The predicted molar refractivity (Wildman–Crippen MR) is 72.3 cm³/mol. The van der Waals surface area contributed by atoms with E-state index < -0.39 is 0 Å². The van der Waals surface area contributed by atoms with E-state index in [2.05, 4.69) is 5.32 Å². The van der Waals surface area contributed by atoms with Gasteiger partial charge in [-0.25, -0.2) is 0 Å². The molecule has 0 aliphatic carbocycles. The smallest absolute Gasteiger partial charge is 0.227 e. The molecule has 0 aliphatic heterocycles. The van der Waals surface area contributed by atoms with Crippen LogP contribution >= 0.6 is 11.6 Å². The number of nitrogens with two attached hydrogens (primary N) is 1. The lowest BCUT2D eigenvalue weighted by atomic mass is 10.0. The number of aryl methyl sites for hydroxylation is 1. The van der Waals surface area contributed by atoms with E-state index >= 15 is 0 Å². The Morgan fingerprint density at radius 1 is 1.53 bits per heavy atom. The molecule has 0 bridgehead atoms. The minimum atomic E-state index is -0.0462. The minimum Gasteiger partial charge on any atom is -0.330 e. The first-order chi connectivity index (χ1) is 8.04. The quantitative estimate of drug-likeness (QED) is 0.849. The largest absolute Gasteiger partial charge is 0.330 e. The summed E-state index contributed by atoms with van der Waals surface area (Å²) in [5.41, 5.74) is 7.17. The fraction of sp³-hybridized carbons (Fsp3) is 0.462. The zero-order valence-corrected chi connectivity index (χ0v) is 11.1. The second-order valence-electron chi connectivity index (χ2n) is 4.30. The first-order valence-electron chi connectivity index (χ1n) is 5.81. The fourth-order valence-electron chi connectivity index (χ4n) is 1.55. The van der Waals surface area contributed by atoms with E-state index in [-0.39, 0.29) is 11.8 Å². The fourth-order valence-corrected chi connectivity index (χ4v) is 1.71. The molecule has 3 N–H and O–H groups in total. The van der Waals surface area contributed by atoms with Crippen LogP contribution in [0.5, 0.6) is 0 Å². The molecule has 3 nitrogen and oxygen atoms in total. The van der Waals surface area contributed by atoms with Gasteiger partial charge in [-0.15, -0.1) is 0 Å². The Kier molecular flexibility index (Phi) is 5.45. The van der Waals surface area contributed by atoms with E-state index in [1.165, 1.54) is 0 Å². The summed E-state index contributed by atoms with van der Waals surface area (Å²) < 4.78 is 0. The molecule has 0 saturated heterocycles. The first-order valence-corrected chi connectivity index (χ1v) is 6.19. The third-order valence-electron chi connectivity index (χ3n) is 2.67. The van der Waals surface area contributed by atoms with Gasteiger partial charge in [0.05, 0.1) is 10.7 Å². The Morgan fingerprint density at radius 3 is 2.88 bits per heavy atom. The molecule has 1 atom stereocenters. The molecule has 0 fully saturated rings. The highest BCUT2D eigenvalue weighted by Gasteiger charge is 2.13. The molecule has 0 heterocycles. The Hall–Kier alpha value is -1.06. The van der Waals surface area contributed by atoms with Gasteiger partial charge in [0.2, 0.25) is 5.91 Å². The zero-order chi connectivity index (χ0) is 12.8. The van der Waals surface area contributed by atoms with Crippen molar-refractivity contribution in [3.05, 3.63) is 28.8 Å². The van der Waals surface area contributed by atoms with Crippen LogP contribution in [-0.2, 0) is 4.79 Å². The lowest BCUT2D eigenvalue weighted by molar-refractivity contribution is -0.119. The van der Waals surface area contributed by atoms with Gasteiger partial charge in [-0.05, 0) is 44.0 Å². The number of halogens is 1. The van der Waals surface area contributed by atoms with Crippen molar-refractivity contribution < 1.29 is 4.79 Å². The average molecular weight is 255 g/mol. The number of benzene rings is 1. The number of anilines is 1. The van der Waals surface area contributed by atoms with Crippen molar-refractivity contribution >= 4 is 23.2 Å². The lowest BCUT2D eigenvalue weighted by Gasteiger charge is -2.13. The van der Waals surface area contributed by atoms with Crippen molar-refractivity contribution in [1.29, 1.82) is 0 Å². The van der Waals surface area contributed by atoms with Gasteiger partial charge in [-0.2, -0.15) is 0 Å². The van der Waals surface area contributed by atoms with Gasteiger partial charge in [-0.3, -0.25) is 4.79 Å². The Bertz CT molecular complexity index is 393. The van der Waals surface area contributed by atoms with E-state index in [0.717, 1.165) is 18.4 Å². The van der Waals surface area contributed by atoms with Crippen LogP contribution in [0.2, 0.25) is 5.02 Å². The Labute approximate surface area is 107 Å². The van der Waals surface area contributed by atoms with Gasteiger partial charge in [0.15, 0.2) is 0 Å². The van der Waals surface area contributed by atoms with Crippen LogP contribution in [0.4, 0.5) is 5.69 Å². The van der Waals surface area contributed by atoms with Gasteiger partial charge in [0, 0.05) is 5.92 Å². The zero-order valence-electron chi connectivity index (χ0n) is 10.3. The summed E-state index contributed by atoms with van der Waals surface area (Å²) in [4.78, 5) is 11.9. The SMILES string of the molecule is Cc1ccc(Cl)c(NC(=O)C(C)CCCN)c1. The first kappa shape index (κ1) is 14.0. The molecule has 0 spiro atoms. The normalized spacial score (nSPS) is 12.2. The van der Waals surface area contributed by atoms with Gasteiger partial charge in [0.25, 0.3) is 0 Å². The maximum atomic E-state index is 11.9. The molecule has 1 aromatic carbocycles. The van der Waals surface area contributed by atoms with E-state index in [4.69, 9.17) is 17.3 Å². The van der Waals surface area contributed by atoms with Crippen molar-refractivity contribution in [3.63, 3.8) is 0 Å². The highest BCUT2D eigenvalue weighted by Crippen LogP contribution is 2.23. The highest BCUT2D eigenvalue weighted by molar-refractivity contribution is 6.33. The Balaban J connectivity index is 2.64. The molecular formula is C13H19ClN2O. The van der Waals surface area contributed by atoms with Gasteiger partial charge < -0.3 is 11.1 Å². The number of amides is 1. The number of hydrogen-bond donors (Lipinski definition) is 2. The van der Waals surface area contributed by atoms with Crippen LogP contribution in [0.3, 0.4) is 0 Å². The summed E-state index contributed by atoms with van der Waals surface area (Å²) >= 11 is 6.01. The maximum Gasteiger partial charge on any atom is 0.227 e. The van der Waals surface area contributed by atoms with Crippen molar-refractivity contribution in [3.8, 4) is 0 Å². The van der Waals surface area contributed by atoms with Crippen LogP contribution in [0, 0.1) is 12.8 Å². The van der Waals surface area contributed by atoms with Crippen LogP contribution in [0.15, 0.2) is 18.2 Å². The van der Waals surface area contributed by atoms with E-state index in [9.17, 15) is 4.79 Å². The van der Waals surface area contributed by atoms with E-state index in [0.29, 0.717) is 17.3 Å². The summed E-state index contributed by atoms with van der Waals surface area (Å²) in [6.45, 7) is 4.47. The number of hydrogen-bond acceptors (Lipinski definition) is 2. The summed E-state index contributed by atoms with van der Waals surface area (Å²) in [5.74, 6) is -0.0546. The van der Waals surface area contributed by atoms with E-state index in [1.54, 1.807) is 6.07 Å². The Morgan fingerprint density at radius 2 is 2.24 bits per heavy atom. The number of nitrogens with one attached hydrogen (secondary N) is 1. The third-order valence-corrected chi connectivity index (χ3v) is 3.00. The topological polar surface area (TPSA) is 55.1 Å². The van der Waals surface area contributed by atoms with Crippen LogP contribution in [0.1, 0.15) is 25.3 Å². The highest BCUT2D eigenvalue weighted by atomic mass is 35.5.